The van der Waals surface area contributed by atoms with E-state index in [9.17, 15) is 13.6 Å². The fraction of sp³-hybridized carbons (Fsp3) is 0.143. The number of carbonyl (C=O) groups excluding carboxylic acids is 1. The van der Waals surface area contributed by atoms with Crippen molar-refractivity contribution in [2.45, 2.75) is 18.1 Å². The summed E-state index contributed by atoms with van der Waals surface area (Å²) in [6.07, 6.45) is 5.23. The maximum absolute atomic E-state index is 13.7. The third kappa shape index (κ3) is 3.57. The molecule has 0 saturated carbocycles. The number of oxazole rings is 1. The highest BCUT2D eigenvalue weighted by Gasteiger charge is 2.28. The van der Waals surface area contributed by atoms with E-state index in [0.717, 1.165) is 28.4 Å². The van der Waals surface area contributed by atoms with E-state index in [1.54, 1.807) is 30.1 Å². The first-order valence-electron chi connectivity index (χ1n) is 8.65. The second-order valence-electron chi connectivity index (χ2n) is 6.42. The minimum Gasteiger partial charge on any atom is -0.443 e. The molecule has 0 aliphatic carbocycles. The number of hydrogen-bond acceptors (Lipinski definition) is 4. The smallest absolute Gasteiger partial charge is 0.261 e. The van der Waals surface area contributed by atoms with Crippen LogP contribution in [0.1, 0.15) is 34.5 Å². The van der Waals surface area contributed by atoms with Crippen LogP contribution in [-0.4, -0.2) is 16.1 Å². The summed E-state index contributed by atoms with van der Waals surface area (Å²) >= 11 is 1.72. The number of hydrogen-bond donors (Lipinski definition) is 1. The number of aromatic nitrogens is 1. The number of anilines is 1. The Balaban J connectivity index is 1.51. The van der Waals surface area contributed by atoms with Crippen LogP contribution in [0, 0.1) is 11.6 Å². The Hall–Kier alpha value is -2.93. The van der Waals surface area contributed by atoms with Crippen LogP contribution in [-0.2, 0) is 0 Å². The summed E-state index contributed by atoms with van der Waals surface area (Å²) in [5.41, 5.74) is 0.950. The van der Waals surface area contributed by atoms with Crippen molar-refractivity contribution in [1.29, 1.82) is 0 Å². The first-order chi connectivity index (χ1) is 13.5. The van der Waals surface area contributed by atoms with Gasteiger partial charge in [0.05, 0.1) is 6.20 Å². The molecule has 1 aliphatic heterocycles. The fourth-order valence-electron chi connectivity index (χ4n) is 3.15. The highest BCUT2D eigenvalue weighted by Crippen LogP contribution is 2.46. The van der Waals surface area contributed by atoms with Gasteiger partial charge in [0.1, 0.15) is 17.2 Å². The van der Waals surface area contributed by atoms with Gasteiger partial charge in [-0.25, -0.2) is 13.8 Å². The molecule has 0 radical (unpaired) electrons. The summed E-state index contributed by atoms with van der Waals surface area (Å²) in [5, 5.41) is 2.85. The Morgan fingerprint density at radius 2 is 1.86 bits per heavy atom. The van der Waals surface area contributed by atoms with E-state index >= 15 is 0 Å². The lowest BCUT2D eigenvalue weighted by molar-refractivity contribution is 0.101. The molecule has 1 aromatic heterocycles. The molecule has 1 N–H and O–H groups in total. The Labute approximate surface area is 164 Å². The molecule has 28 heavy (non-hydrogen) atoms. The molecule has 0 fully saturated rings. The molecule has 2 atom stereocenters. The Morgan fingerprint density at radius 3 is 2.50 bits per heavy atom. The van der Waals surface area contributed by atoms with Gasteiger partial charge in [0, 0.05) is 21.8 Å². The van der Waals surface area contributed by atoms with Crippen LogP contribution in [0.25, 0.3) is 4.91 Å². The first kappa shape index (κ1) is 18.4. The van der Waals surface area contributed by atoms with E-state index in [-0.39, 0.29) is 5.92 Å². The average Bonchev–Trinajstić information content (AvgIpc) is 3.32. The number of thioether (sulfide) groups is 1. The van der Waals surface area contributed by atoms with Gasteiger partial charge >= 0.3 is 0 Å². The second-order valence-corrected chi connectivity index (χ2v) is 7.84. The van der Waals surface area contributed by atoms with E-state index in [2.05, 4.69) is 23.3 Å². The van der Waals surface area contributed by atoms with Crippen molar-refractivity contribution >= 4 is 28.3 Å². The molecule has 4 rings (SSSR count). The Bertz CT molecular complexity index is 1010. The zero-order chi connectivity index (χ0) is 19.7. The van der Waals surface area contributed by atoms with E-state index in [1.807, 2.05) is 12.1 Å². The van der Waals surface area contributed by atoms with Crippen molar-refractivity contribution in [3.8, 4) is 0 Å². The highest BCUT2D eigenvalue weighted by atomic mass is 32.2. The molecular weight excluding hydrogens is 382 g/mol. The monoisotopic (exact) mass is 398 g/mol. The summed E-state index contributed by atoms with van der Waals surface area (Å²) in [4.78, 5) is 17.2. The molecule has 0 spiro atoms. The Morgan fingerprint density at radius 1 is 1.14 bits per heavy atom. The van der Waals surface area contributed by atoms with Gasteiger partial charge in [-0.3, -0.25) is 4.79 Å². The van der Waals surface area contributed by atoms with Gasteiger partial charge in [-0.15, -0.1) is 11.8 Å². The van der Waals surface area contributed by atoms with Crippen molar-refractivity contribution in [2.24, 2.45) is 0 Å². The first-order valence-corrected chi connectivity index (χ1v) is 9.53. The van der Waals surface area contributed by atoms with Crippen LogP contribution < -0.4 is 5.32 Å². The van der Waals surface area contributed by atoms with Crippen LogP contribution in [0.15, 0.2) is 65.5 Å². The minimum atomic E-state index is -0.893. The second kappa shape index (κ2) is 7.59. The molecule has 7 heteroatoms. The number of amides is 1. The number of benzene rings is 2. The fourth-order valence-corrected chi connectivity index (χ4v) is 4.38. The number of halogens is 2. The zero-order valence-electron chi connectivity index (χ0n) is 14.9. The molecule has 1 aliphatic rings. The SMILES string of the molecule is CC1SC(c2cnco2)=CC1c1ccc(NC(=O)c2c(F)cccc2F)cc1. The van der Waals surface area contributed by atoms with E-state index < -0.39 is 23.1 Å². The molecule has 0 saturated heterocycles. The summed E-state index contributed by atoms with van der Waals surface area (Å²) in [5.74, 6) is -1.68. The van der Waals surface area contributed by atoms with Crippen LogP contribution >= 0.6 is 11.8 Å². The quantitative estimate of drug-likeness (QED) is 0.634. The summed E-state index contributed by atoms with van der Waals surface area (Å²) < 4.78 is 32.9. The molecule has 2 heterocycles. The van der Waals surface area contributed by atoms with Crippen LogP contribution in [0.5, 0.6) is 0 Å². The number of carbonyl (C=O) groups is 1. The molecule has 1 amide bonds. The van der Waals surface area contributed by atoms with Crippen molar-refractivity contribution < 1.29 is 18.0 Å². The van der Waals surface area contributed by atoms with Gasteiger partial charge in [0.2, 0.25) is 0 Å². The van der Waals surface area contributed by atoms with Gasteiger partial charge in [-0.05, 0) is 29.8 Å². The molecule has 0 bridgehead atoms. The topological polar surface area (TPSA) is 55.1 Å². The summed E-state index contributed by atoms with van der Waals surface area (Å²) in [6, 6.07) is 10.6. The number of nitrogens with one attached hydrogen (secondary N) is 1. The lowest BCUT2D eigenvalue weighted by Gasteiger charge is -2.15. The van der Waals surface area contributed by atoms with Crippen molar-refractivity contribution in [3.05, 3.63) is 89.7 Å². The van der Waals surface area contributed by atoms with Crippen molar-refractivity contribution in [3.63, 3.8) is 0 Å². The standard InChI is InChI=1S/C21H16F2N2O2S/c1-12-15(9-19(28-12)18-10-24-11-27-18)13-5-7-14(8-6-13)25-21(26)20-16(22)3-2-4-17(20)23/h2-12,15H,1H3,(H,25,26). The third-order valence-electron chi connectivity index (χ3n) is 4.57. The third-order valence-corrected chi connectivity index (χ3v) is 5.82. The summed E-state index contributed by atoms with van der Waals surface area (Å²) in [7, 11) is 0. The maximum Gasteiger partial charge on any atom is 0.261 e. The molecule has 2 unspecified atom stereocenters. The van der Waals surface area contributed by atoms with Gasteiger partial charge in [0.25, 0.3) is 5.91 Å². The molecule has 2 aromatic carbocycles. The largest absolute Gasteiger partial charge is 0.443 e. The average molecular weight is 398 g/mol. The van der Waals surface area contributed by atoms with Gasteiger partial charge in [-0.1, -0.05) is 31.2 Å². The van der Waals surface area contributed by atoms with E-state index in [4.69, 9.17) is 4.42 Å². The number of rotatable bonds is 4. The minimum absolute atomic E-state index is 0.180. The molecule has 4 nitrogen and oxygen atoms in total. The van der Waals surface area contributed by atoms with E-state index in [1.165, 1.54) is 12.5 Å². The lowest BCUT2D eigenvalue weighted by atomic mass is 9.95. The van der Waals surface area contributed by atoms with Crippen LogP contribution in [0.4, 0.5) is 14.5 Å². The maximum atomic E-state index is 13.7. The van der Waals surface area contributed by atoms with Crippen molar-refractivity contribution in [1.82, 2.24) is 4.98 Å². The van der Waals surface area contributed by atoms with Crippen LogP contribution in [0.3, 0.4) is 0 Å². The van der Waals surface area contributed by atoms with Gasteiger partial charge in [0.15, 0.2) is 12.2 Å². The normalized spacial score (nSPS) is 18.8. The number of allylic oxidation sites excluding steroid dienone is 1. The Kier molecular flexibility index (Phi) is 5.00. The van der Waals surface area contributed by atoms with Gasteiger partial charge in [-0.2, -0.15) is 0 Å². The van der Waals surface area contributed by atoms with Crippen LogP contribution in [0.2, 0.25) is 0 Å². The number of nitrogens with zero attached hydrogens (tertiary/aromatic N) is 1. The highest BCUT2D eigenvalue weighted by molar-refractivity contribution is 8.09. The zero-order valence-corrected chi connectivity index (χ0v) is 15.7. The predicted molar refractivity (Wildman–Crippen MR) is 105 cm³/mol. The molecule has 142 valence electrons. The lowest BCUT2D eigenvalue weighted by Crippen LogP contribution is -2.16. The van der Waals surface area contributed by atoms with E-state index in [0.29, 0.717) is 10.9 Å². The van der Waals surface area contributed by atoms with Crippen molar-refractivity contribution in [2.75, 3.05) is 5.32 Å². The summed E-state index contributed by atoms with van der Waals surface area (Å²) in [6.45, 7) is 2.13. The van der Waals surface area contributed by atoms with Gasteiger partial charge < -0.3 is 9.73 Å². The molecular formula is C21H16F2N2O2S. The predicted octanol–water partition coefficient (Wildman–Crippen LogP) is 5.47. The molecule has 3 aromatic rings.